The molecule has 0 aliphatic carbocycles. The van der Waals surface area contributed by atoms with Crippen LogP contribution >= 0.6 is 23.1 Å². The largest absolute Gasteiger partial charge is 0.502 e. The van der Waals surface area contributed by atoms with Crippen molar-refractivity contribution in [3.63, 3.8) is 0 Å². The van der Waals surface area contributed by atoms with Gasteiger partial charge in [0.1, 0.15) is 17.8 Å². The number of thioether (sulfide) groups is 1. The first-order chi connectivity index (χ1) is 11.1. The quantitative estimate of drug-likeness (QED) is 0.681. The summed E-state index contributed by atoms with van der Waals surface area (Å²) in [5.41, 5.74) is 0.0970. The standard InChI is InChI=1S/C14H10FN3O3S2/c15-8-2-1-3-9(4-8)16-13-17-18-14(23-13)22-7-10-5-11(19)12(20)6-21-10/h1-6,20H,7H2,(H,16,17). The van der Waals surface area contributed by atoms with Crippen molar-refractivity contribution in [1.82, 2.24) is 10.2 Å². The van der Waals surface area contributed by atoms with Gasteiger partial charge in [-0.1, -0.05) is 29.2 Å². The van der Waals surface area contributed by atoms with Gasteiger partial charge >= 0.3 is 0 Å². The van der Waals surface area contributed by atoms with E-state index in [4.69, 9.17) is 9.52 Å². The van der Waals surface area contributed by atoms with Crippen molar-refractivity contribution in [2.75, 3.05) is 5.32 Å². The maximum atomic E-state index is 13.1. The van der Waals surface area contributed by atoms with Crippen LogP contribution < -0.4 is 10.7 Å². The van der Waals surface area contributed by atoms with Crippen LogP contribution in [-0.2, 0) is 5.75 Å². The van der Waals surface area contributed by atoms with Gasteiger partial charge in [0.15, 0.2) is 10.1 Å². The van der Waals surface area contributed by atoms with Gasteiger partial charge in [0.05, 0.1) is 5.75 Å². The van der Waals surface area contributed by atoms with E-state index in [1.807, 2.05) is 0 Å². The van der Waals surface area contributed by atoms with Crippen LogP contribution in [0.25, 0.3) is 0 Å². The first kappa shape index (κ1) is 15.5. The van der Waals surface area contributed by atoms with Crippen LogP contribution in [-0.4, -0.2) is 15.3 Å². The van der Waals surface area contributed by atoms with Crippen molar-refractivity contribution in [3.8, 4) is 5.75 Å². The van der Waals surface area contributed by atoms with Crippen molar-refractivity contribution in [1.29, 1.82) is 0 Å². The minimum atomic E-state index is -0.488. The van der Waals surface area contributed by atoms with E-state index in [0.717, 1.165) is 6.26 Å². The Balaban J connectivity index is 1.63. The number of nitrogens with one attached hydrogen (secondary N) is 1. The molecule has 0 bridgehead atoms. The van der Waals surface area contributed by atoms with Crippen LogP contribution in [0.1, 0.15) is 5.76 Å². The topological polar surface area (TPSA) is 88.3 Å². The number of aromatic nitrogens is 2. The summed E-state index contributed by atoms with van der Waals surface area (Å²) in [4.78, 5) is 11.3. The van der Waals surface area contributed by atoms with Crippen LogP contribution in [0.5, 0.6) is 5.75 Å². The highest BCUT2D eigenvalue weighted by atomic mass is 32.2. The molecule has 3 aromatic rings. The molecule has 0 spiro atoms. The first-order valence-corrected chi connectivity index (χ1v) is 8.20. The van der Waals surface area contributed by atoms with Crippen LogP contribution in [0.4, 0.5) is 15.2 Å². The summed E-state index contributed by atoms with van der Waals surface area (Å²) in [5.74, 6) is 0.0461. The molecule has 0 fully saturated rings. The molecule has 0 amide bonds. The summed E-state index contributed by atoms with van der Waals surface area (Å²) >= 11 is 2.64. The van der Waals surface area contributed by atoms with Gasteiger partial charge in [0.2, 0.25) is 10.6 Å². The van der Waals surface area contributed by atoms with E-state index in [0.29, 0.717) is 26.7 Å². The lowest BCUT2D eigenvalue weighted by Crippen LogP contribution is -1.98. The number of hydrogen-bond acceptors (Lipinski definition) is 8. The van der Waals surface area contributed by atoms with Gasteiger partial charge in [0, 0.05) is 11.8 Å². The normalized spacial score (nSPS) is 10.7. The monoisotopic (exact) mass is 351 g/mol. The molecule has 0 atom stereocenters. The zero-order chi connectivity index (χ0) is 16.2. The van der Waals surface area contributed by atoms with E-state index in [2.05, 4.69) is 15.5 Å². The van der Waals surface area contributed by atoms with Crippen LogP contribution in [0, 0.1) is 5.82 Å². The van der Waals surface area contributed by atoms with Crippen molar-refractivity contribution in [2.24, 2.45) is 0 Å². The van der Waals surface area contributed by atoms with Crippen molar-refractivity contribution < 1.29 is 13.9 Å². The van der Waals surface area contributed by atoms with E-state index >= 15 is 0 Å². The number of hydrogen-bond donors (Lipinski definition) is 2. The molecule has 0 saturated carbocycles. The molecule has 0 aliphatic rings. The number of benzene rings is 1. The molecule has 2 aromatic heterocycles. The SMILES string of the molecule is O=c1cc(CSc2nnc(Nc3cccc(F)c3)s2)occ1O. The van der Waals surface area contributed by atoms with Crippen molar-refractivity contribution in [3.05, 3.63) is 58.4 Å². The smallest absolute Gasteiger partial charge is 0.226 e. The highest BCUT2D eigenvalue weighted by Crippen LogP contribution is 2.29. The number of halogens is 1. The zero-order valence-electron chi connectivity index (χ0n) is 11.5. The number of anilines is 2. The molecule has 0 radical (unpaired) electrons. The summed E-state index contributed by atoms with van der Waals surface area (Å²) in [7, 11) is 0. The molecule has 2 N–H and O–H groups in total. The molecule has 23 heavy (non-hydrogen) atoms. The van der Waals surface area contributed by atoms with Crippen LogP contribution in [0.15, 0.2) is 50.1 Å². The molecule has 118 valence electrons. The molecule has 0 aliphatic heterocycles. The highest BCUT2D eigenvalue weighted by molar-refractivity contribution is 8.00. The second kappa shape index (κ2) is 6.80. The first-order valence-electron chi connectivity index (χ1n) is 6.40. The predicted molar refractivity (Wildman–Crippen MR) is 85.8 cm³/mol. The maximum Gasteiger partial charge on any atom is 0.226 e. The predicted octanol–water partition coefficient (Wildman–Crippen LogP) is 3.37. The van der Waals surface area contributed by atoms with Gasteiger partial charge in [-0.25, -0.2) is 4.39 Å². The molecular weight excluding hydrogens is 341 g/mol. The molecule has 3 rings (SSSR count). The van der Waals surface area contributed by atoms with E-state index in [9.17, 15) is 9.18 Å². The van der Waals surface area contributed by atoms with Crippen molar-refractivity contribution in [2.45, 2.75) is 10.1 Å². The van der Waals surface area contributed by atoms with Gasteiger partial charge in [-0.3, -0.25) is 4.79 Å². The summed E-state index contributed by atoms with van der Waals surface area (Å²) in [6.07, 6.45) is 1.01. The fraction of sp³-hybridized carbons (Fsp3) is 0.0714. The Morgan fingerprint density at radius 2 is 2.22 bits per heavy atom. The third-order valence-corrected chi connectivity index (χ3v) is 4.68. The number of aromatic hydroxyl groups is 1. The fourth-order valence-electron chi connectivity index (χ4n) is 1.66. The lowest BCUT2D eigenvalue weighted by atomic mass is 10.3. The Morgan fingerprint density at radius 3 is 3.00 bits per heavy atom. The Bertz CT molecular complexity index is 881. The van der Waals surface area contributed by atoms with E-state index in [1.54, 1.807) is 12.1 Å². The Kier molecular flexibility index (Phi) is 4.58. The Labute approximate surface area is 138 Å². The molecule has 0 saturated heterocycles. The zero-order valence-corrected chi connectivity index (χ0v) is 13.2. The minimum Gasteiger partial charge on any atom is -0.502 e. The second-order valence-corrected chi connectivity index (χ2v) is 6.59. The minimum absolute atomic E-state index is 0.337. The molecule has 1 aromatic carbocycles. The third-order valence-electron chi connectivity index (χ3n) is 2.69. The van der Waals surface area contributed by atoms with E-state index < -0.39 is 11.2 Å². The average molecular weight is 351 g/mol. The number of rotatable bonds is 5. The van der Waals surface area contributed by atoms with Gasteiger partial charge < -0.3 is 14.8 Å². The summed E-state index contributed by atoms with van der Waals surface area (Å²) < 4.78 is 18.9. The highest BCUT2D eigenvalue weighted by Gasteiger charge is 2.08. The summed E-state index contributed by atoms with van der Waals surface area (Å²) in [5, 5.41) is 20.6. The second-order valence-electron chi connectivity index (χ2n) is 4.39. The van der Waals surface area contributed by atoms with E-state index in [1.165, 1.54) is 41.3 Å². The van der Waals surface area contributed by atoms with Crippen LogP contribution in [0.2, 0.25) is 0 Å². The van der Waals surface area contributed by atoms with E-state index in [-0.39, 0.29) is 5.82 Å². The van der Waals surface area contributed by atoms with Crippen LogP contribution in [0.3, 0.4) is 0 Å². The third kappa shape index (κ3) is 4.08. The van der Waals surface area contributed by atoms with Gasteiger partial charge in [-0.2, -0.15) is 0 Å². The molecular formula is C14H10FN3O3S2. The van der Waals surface area contributed by atoms with Gasteiger partial charge in [-0.15, -0.1) is 10.2 Å². The maximum absolute atomic E-state index is 13.1. The average Bonchev–Trinajstić information content (AvgIpc) is 2.96. The van der Waals surface area contributed by atoms with Gasteiger partial charge in [-0.05, 0) is 18.2 Å². The molecule has 0 unspecified atom stereocenters. The number of nitrogens with zero attached hydrogens (tertiary/aromatic N) is 2. The summed E-state index contributed by atoms with van der Waals surface area (Å²) in [6.45, 7) is 0. The molecule has 9 heteroatoms. The fourth-order valence-corrected chi connectivity index (χ4v) is 3.32. The lowest BCUT2D eigenvalue weighted by molar-refractivity contribution is 0.419. The van der Waals surface area contributed by atoms with Crippen molar-refractivity contribution >= 4 is 33.9 Å². The van der Waals surface area contributed by atoms with Gasteiger partial charge in [0.25, 0.3) is 0 Å². The Morgan fingerprint density at radius 1 is 1.35 bits per heavy atom. The Hall–Kier alpha value is -2.39. The lowest BCUT2D eigenvalue weighted by Gasteiger charge is -2.00. The molecule has 2 heterocycles. The summed E-state index contributed by atoms with van der Waals surface area (Å²) in [6, 6.07) is 7.27. The molecule has 6 nitrogen and oxygen atoms in total.